The minimum Gasteiger partial charge on any atom is -0.488 e. The highest BCUT2D eigenvalue weighted by atomic mass is 79.9. The Balaban J connectivity index is 1.35. The molecular formula is C25H18BrN5O2S. The van der Waals surface area contributed by atoms with Crippen LogP contribution in [0.15, 0.2) is 87.1 Å². The highest BCUT2D eigenvalue weighted by molar-refractivity contribution is 9.10. The van der Waals surface area contributed by atoms with Crippen molar-refractivity contribution >= 4 is 55.7 Å². The predicted octanol–water partition coefficient (Wildman–Crippen LogP) is 5.40. The summed E-state index contributed by atoms with van der Waals surface area (Å²) in [5, 5.41) is 15.4. The normalized spacial score (nSPS) is 16.4. The molecule has 0 unspecified atom stereocenters. The van der Waals surface area contributed by atoms with Gasteiger partial charge in [-0.3, -0.25) is 15.2 Å². The number of pyridine rings is 1. The molecule has 2 aliphatic rings. The van der Waals surface area contributed by atoms with E-state index in [1.54, 1.807) is 18.5 Å². The SMILES string of the molecule is Cc1cccc(COc2ccc(C=C3C(=N)N4N=C(c5cccnc5)SC4=NC3=O)cc2Br)c1. The van der Waals surface area contributed by atoms with Crippen molar-refractivity contribution in [1.82, 2.24) is 9.99 Å². The number of nitrogens with zero attached hydrogens (tertiary/aromatic N) is 4. The first-order chi connectivity index (χ1) is 16.5. The van der Waals surface area contributed by atoms with Gasteiger partial charge in [0.1, 0.15) is 17.4 Å². The fourth-order valence-electron chi connectivity index (χ4n) is 3.45. The van der Waals surface area contributed by atoms with E-state index < -0.39 is 5.91 Å². The van der Waals surface area contributed by atoms with Crippen LogP contribution in [0.4, 0.5) is 0 Å². The Kier molecular flexibility index (Phi) is 6.12. The molecule has 3 aromatic rings. The average molecular weight is 532 g/mol. The molecule has 168 valence electrons. The van der Waals surface area contributed by atoms with E-state index in [9.17, 15) is 4.79 Å². The standard InChI is InChI=1S/C25H18BrN5O2S/c1-15-4-2-5-17(10-15)14-33-21-8-7-16(12-20(21)26)11-19-22(27)31-25(29-23(19)32)34-24(30-31)18-6-3-9-28-13-18/h2-13,27H,14H2,1H3. The smallest absolute Gasteiger partial charge is 0.283 e. The number of amidine groups is 2. The van der Waals surface area contributed by atoms with E-state index in [0.29, 0.717) is 22.6 Å². The first-order valence-electron chi connectivity index (χ1n) is 10.4. The van der Waals surface area contributed by atoms with Crippen molar-refractivity contribution in [3.05, 3.63) is 99.3 Å². The summed E-state index contributed by atoms with van der Waals surface area (Å²) in [5.74, 6) is 0.204. The molecule has 0 saturated heterocycles. The maximum atomic E-state index is 12.7. The summed E-state index contributed by atoms with van der Waals surface area (Å²) in [7, 11) is 0. The largest absolute Gasteiger partial charge is 0.488 e. The van der Waals surface area contributed by atoms with Gasteiger partial charge in [-0.05, 0) is 76.1 Å². The number of carbonyl (C=O) groups excluding carboxylic acids is 1. The van der Waals surface area contributed by atoms with Crippen molar-refractivity contribution in [2.45, 2.75) is 13.5 Å². The molecule has 0 fully saturated rings. The lowest BCUT2D eigenvalue weighted by Gasteiger charge is -2.20. The van der Waals surface area contributed by atoms with Crippen molar-refractivity contribution in [3.63, 3.8) is 0 Å². The summed E-state index contributed by atoms with van der Waals surface area (Å²) in [6.07, 6.45) is 5.01. The zero-order chi connectivity index (χ0) is 23.7. The first-order valence-corrected chi connectivity index (χ1v) is 12.0. The van der Waals surface area contributed by atoms with Gasteiger partial charge in [0.2, 0.25) is 5.17 Å². The number of rotatable bonds is 5. The van der Waals surface area contributed by atoms with Gasteiger partial charge in [-0.2, -0.15) is 15.1 Å². The maximum absolute atomic E-state index is 12.7. The number of aromatic nitrogens is 1. The Morgan fingerprint density at radius 1 is 1.18 bits per heavy atom. The van der Waals surface area contributed by atoms with E-state index in [1.165, 1.54) is 22.3 Å². The van der Waals surface area contributed by atoms with Crippen LogP contribution in [0, 0.1) is 12.3 Å². The van der Waals surface area contributed by atoms with Gasteiger partial charge in [-0.25, -0.2) is 0 Å². The number of hydrogen-bond acceptors (Lipinski definition) is 6. The highest BCUT2D eigenvalue weighted by Gasteiger charge is 2.36. The number of fused-ring (bicyclic) bond motifs is 1. The van der Waals surface area contributed by atoms with Gasteiger partial charge in [0.15, 0.2) is 5.84 Å². The Morgan fingerprint density at radius 3 is 2.82 bits per heavy atom. The number of halogens is 1. The van der Waals surface area contributed by atoms with Gasteiger partial charge >= 0.3 is 0 Å². The Hall–Kier alpha value is -3.56. The van der Waals surface area contributed by atoms with Gasteiger partial charge in [0.25, 0.3) is 5.91 Å². The second kappa shape index (κ2) is 9.36. The molecule has 9 heteroatoms. The van der Waals surface area contributed by atoms with Crippen molar-refractivity contribution < 1.29 is 9.53 Å². The van der Waals surface area contributed by atoms with Crippen LogP contribution in [0.2, 0.25) is 0 Å². The van der Waals surface area contributed by atoms with Crippen LogP contribution < -0.4 is 4.74 Å². The van der Waals surface area contributed by atoms with E-state index in [4.69, 9.17) is 10.1 Å². The minimum absolute atomic E-state index is 0.0164. The van der Waals surface area contributed by atoms with Crippen LogP contribution in [0.1, 0.15) is 22.3 Å². The molecule has 1 aromatic heterocycles. The van der Waals surface area contributed by atoms with Crippen molar-refractivity contribution in [3.8, 4) is 5.75 Å². The van der Waals surface area contributed by atoms with Gasteiger partial charge in [-0.1, -0.05) is 35.9 Å². The third-order valence-corrected chi connectivity index (χ3v) is 6.68. The third-order valence-electron chi connectivity index (χ3n) is 5.11. The zero-order valence-corrected chi connectivity index (χ0v) is 20.4. The molecule has 0 aliphatic carbocycles. The van der Waals surface area contributed by atoms with E-state index in [1.807, 2.05) is 55.5 Å². The second-order valence-corrected chi connectivity index (χ2v) is 9.44. The van der Waals surface area contributed by atoms with Crippen LogP contribution in [0.3, 0.4) is 0 Å². The van der Waals surface area contributed by atoms with Crippen molar-refractivity contribution in [1.29, 1.82) is 5.41 Å². The second-order valence-electron chi connectivity index (χ2n) is 7.63. The lowest BCUT2D eigenvalue weighted by Crippen LogP contribution is -2.35. The van der Waals surface area contributed by atoms with Crippen molar-refractivity contribution in [2.24, 2.45) is 10.1 Å². The summed E-state index contributed by atoms with van der Waals surface area (Å²) in [4.78, 5) is 20.9. The van der Waals surface area contributed by atoms with Crippen LogP contribution >= 0.6 is 27.7 Å². The Morgan fingerprint density at radius 2 is 2.06 bits per heavy atom. The highest BCUT2D eigenvalue weighted by Crippen LogP contribution is 2.32. The Bertz CT molecular complexity index is 1400. The molecule has 0 spiro atoms. The van der Waals surface area contributed by atoms with Crippen LogP contribution in [-0.4, -0.2) is 31.9 Å². The molecule has 0 bridgehead atoms. The Labute approximate surface area is 208 Å². The van der Waals surface area contributed by atoms with Crippen LogP contribution in [-0.2, 0) is 11.4 Å². The fraction of sp³-hybridized carbons (Fsp3) is 0.0800. The van der Waals surface area contributed by atoms with Gasteiger partial charge in [-0.15, -0.1) is 0 Å². The van der Waals surface area contributed by atoms with E-state index in [2.05, 4.69) is 37.1 Å². The molecule has 0 saturated carbocycles. The molecule has 0 radical (unpaired) electrons. The molecule has 5 rings (SSSR count). The summed E-state index contributed by atoms with van der Waals surface area (Å²) < 4.78 is 6.70. The van der Waals surface area contributed by atoms with Crippen LogP contribution in [0.25, 0.3) is 6.08 Å². The summed E-state index contributed by atoms with van der Waals surface area (Å²) >= 11 is 4.79. The molecule has 2 aliphatic heterocycles. The lowest BCUT2D eigenvalue weighted by atomic mass is 10.1. The predicted molar refractivity (Wildman–Crippen MR) is 138 cm³/mol. The monoisotopic (exact) mass is 531 g/mol. The zero-order valence-electron chi connectivity index (χ0n) is 18.0. The first kappa shape index (κ1) is 22.2. The number of hydrazone groups is 1. The number of aryl methyl sites for hydroxylation is 1. The summed E-state index contributed by atoms with van der Waals surface area (Å²) in [5.41, 5.74) is 3.98. The molecule has 7 nitrogen and oxygen atoms in total. The number of benzene rings is 2. The molecule has 34 heavy (non-hydrogen) atoms. The fourth-order valence-corrected chi connectivity index (χ4v) is 4.84. The number of aliphatic imine (C=N–C) groups is 1. The van der Waals surface area contributed by atoms with E-state index in [-0.39, 0.29) is 11.4 Å². The molecule has 3 heterocycles. The van der Waals surface area contributed by atoms with Gasteiger partial charge < -0.3 is 4.74 Å². The number of thioether (sulfide) groups is 1. The van der Waals surface area contributed by atoms with Crippen molar-refractivity contribution in [2.75, 3.05) is 0 Å². The number of amides is 1. The third kappa shape index (κ3) is 4.57. The molecule has 2 aromatic carbocycles. The number of hydrogen-bond donors (Lipinski definition) is 1. The van der Waals surface area contributed by atoms with E-state index in [0.717, 1.165) is 21.2 Å². The van der Waals surface area contributed by atoms with Gasteiger partial charge in [0, 0.05) is 18.0 Å². The quantitative estimate of drug-likeness (QED) is 0.445. The molecule has 1 N–H and O–H groups in total. The topological polar surface area (TPSA) is 91.0 Å². The minimum atomic E-state index is -0.470. The summed E-state index contributed by atoms with van der Waals surface area (Å²) in [6, 6.07) is 17.4. The molecule has 0 atom stereocenters. The van der Waals surface area contributed by atoms with Gasteiger partial charge in [0.05, 0.1) is 10.0 Å². The molecule has 1 amide bonds. The van der Waals surface area contributed by atoms with Crippen LogP contribution in [0.5, 0.6) is 5.75 Å². The lowest BCUT2D eigenvalue weighted by molar-refractivity contribution is -0.114. The maximum Gasteiger partial charge on any atom is 0.283 e. The number of nitrogens with one attached hydrogen (secondary N) is 1. The molecular weight excluding hydrogens is 514 g/mol. The number of carbonyl (C=O) groups is 1. The average Bonchev–Trinajstić information content (AvgIpc) is 3.26. The number of ether oxygens (including phenoxy) is 1. The summed E-state index contributed by atoms with van der Waals surface area (Å²) in [6.45, 7) is 2.50. The van der Waals surface area contributed by atoms with E-state index >= 15 is 0 Å².